The molecule has 6 heterocycles. The standard InChI is InChI=1S/C24H24N4/c1-2-14-26-16-4-3-15-25(13-1)21-9-10-23-27-17-5-7-19-28(20-8-6-18-27)24-12-11-22-26/h13-24H2. The Labute approximate surface area is 169 Å². The summed E-state index contributed by atoms with van der Waals surface area (Å²) in [5.74, 6) is 39.0. The molecule has 0 spiro atoms. The third kappa shape index (κ3) is 7.44. The molecular weight excluding hydrogens is 344 g/mol. The summed E-state index contributed by atoms with van der Waals surface area (Å²) < 4.78 is 0. The Morgan fingerprint density at radius 2 is 0.321 bits per heavy atom. The van der Waals surface area contributed by atoms with Gasteiger partial charge in [-0.2, -0.15) is 0 Å². The van der Waals surface area contributed by atoms with E-state index in [0.29, 0.717) is 78.5 Å². The minimum atomic E-state index is 0.679. The maximum Gasteiger partial charge on any atom is 0.0619 e. The fourth-order valence-electron chi connectivity index (χ4n) is 2.68. The molecule has 4 bridgehead atoms. The monoisotopic (exact) mass is 368 g/mol. The van der Waals surface area contributed by atoms with Gasteiger partial charge in [0.2, 0.25) is 0 Å². The van der Waals surface area contributed by atoms with Crippen LogP contribution in [0.25, 0.3) is 0 Å². The molecule has 0 fully saturated rings. The average molecular weight is 368 g/mol. The fraction of sp³-hybridized carbons (Fsp3) is 0.500. The third-order valence-electron chi connectivity index (χ3n) is 4.38. The van der Waals surface area contributed by atoms with Crippen molar-refractivity contribution >= 4 is 0 Å². The van der Waals surface area contributed by atoms with Crippen molar-refractivity contribution in [3.05, 3.63) is 0 Å². The van der Waals surface area contributed by atoms with E-state index >= 15 is 0 Å². The van der Waals surface area contributed by atoms with E-state index < -0.39 is 0 Å². The second-order valence-corrected chi connectivity index (χ2v) is 6.70. The molecule has 0 atom stereocenters. The van der Waals surface area contributed by atoms with Crippen LogP contribution in [0, 0.1) is 71.0 Å². The number of hydrogen-bond acceptors (Lipinski definition) is 4. The van der Waals surface area contributed by atoms with E-state index in [4.69, 9.17) is 0 Å². The van der Waals surface area contributed by atoms with Crippen molar-refractivity contribution in [2.75, 3.05) is 78.5 Å². The lowest BCUT2D eigenvalue weighted by molar-refractivity contribution is 0.371. The Morgan fingerprint density at radius 1 is 0.214 bits per heavy atom. The topological polar surface area (TPSA) is 13.0 Å². The largest absolute Gasteiger partial charge is 0.270 e. The summed E-state index contributed by atoms with van der Waals surface area (Å²) >= 11 is 0. The van der Waals surface area contributed by atoms with Gasteiger partial charge >= 0.3 is 0 Å². The normalized spacial score (nSPS) is 29.1. The number of rotatable bonds is 0. The lowest BCUT2D eigenvalue weighted by atomic mass is 10.3. The summed E-state index contributed by atoms with van der Waals surface area (Å²) in [5.41, 5.74) is 0. The van der Waals surface area contributed by atoms with Crippen LogP contribution in [0.2, 0.25) is 0 Å². The predicted molar refractivity (Wildman–Crippen MR) is 112 cm³/mol. The molecular formula is C24H24N4. The van der Waals surface area contributed by atoms with Gasteiger partial charge in [0.1, 0.15) is 0 Å². The minimum Gasteiger partial charge on any atom is -0.270 e. The van der Waals surface area contributed by atoms with Crippen molar-refractivity contribution in [3.63, 3.8) is 0 Å². The molecule has 6 aliphatic heterocycles. The summed E-state index contributed by atoms with van der Waals surface area (Å²) in [4.78, 5) is 8.71. The number of nitrogens with zero attached hydrogens (tertiary/aromatic N) is 4. The second-order valence-electron chi connectivity index (χ2n) is 6.70. The van der Waals surface area contributed by atoms with Crippen LogP contribution >= 0.6 is 0 Å². The molecule has 0 aromatic heterocycles. The lowest BCUT2D eigenvalue weighted by Gasteiger charge is -2.17. The summed E-state index contributed by atoms with van der Waals surface area (Å²) in [7, 11) is 0. The molecule has 4 heteroatoms. The van der Waals surface area contributed by atoms with Crippen LogP contribution in [-0.4, -0.2) is 98.1 Å². The zero-order valence-electron chi connectivity index (χ0n) is 16.3. The predicted octanol–water partition coefficient (Wildman–Crippen LogP) is -0.744. The van der Waals surface area contributed by atoms with Gasteiger partial charge in [-0.25, -0.2) is 0 Å². The zero-order valence-corrected chi connectivity index (χ0v) is 16.3. The van der Waals surface area contributed by atoms with E-state index in [2.05, 4.69) is 90.6 Å². The zero-order chi connectivity index (χ0) is 19.3. The first-order chi connectivity index (χ1) is 13.9. The van der Waals surface area contributed by atoms with Crippen LogP contribution in [0.4, 0.5) is 0 Å². The van der Waals surface area contributed by atoms with Gasteiger partial charge in [0, 0.05) is 0 Å². The highest BCUT2D eigenvalue weighted by Gasteiger charge is 2.05. The molecule has 0 aromatic carbocycles. The van der Waals surface area contributed by atoms with Gasteiger partial charge in [0.25, 0.3) is 0 Å². The first-order valence-corrected chi connectivity index (χ1v) is 9.54. The van der Waals surface area contributed by atoms with E-state index in [1.54, 1.807) is 0 Å². The molecule has 0 N–H and O–H groups in total. The molecule has 4 nitrogen and oxygen atoms in total. The Balaban J connectivity index is 1.78. The minimum absolute atomic E-state index is 0.679. The van der Waals surface area contributed by atoms with Crippen molar-refractivity contribution in [3.8, 4) is 71.0 Å². The van der Waals surface area contributed by atoms with Gasteiger partial charge in [-0.1, -0.05) is 71.0 Å². The van der Waals surface area contributed by atoms with E-state index in [1.165, 1.54) is 0 Å². The van der Waals surface area contributed by atoms with E-state index in [1.807, 2.05) is 0 Å². The summed E-state index contributed by atoms with van der Waals surface area (Å²) in [5, 5.41) is 0. The van der Waals surface area contributed by atoms with E-state index in [-0.39, 0.29) is 0 Å². The van der Waals surface area contributed by atoms with Crippen LogP contribution in [0.1, 0.15) is 0 Å². The highest BCUT2D eigenvalue weighted by molar-refractivity contribution is 5.16. The first-order valence-electron chi connectivity index (χ1n) is 9.54. The Morgan fingerprint density at radius 3 is 0.429 bits per heavy atom. The molecule has 0 amide bonds. The highest BCUT2D eigenvalue weighted by Crippen LogP contribution is 1.93. The van der Waals surface area contributed by atoms with Gasteiger partial charge in [-0.15, -0.1) is 0 Å². The van der Waals surface area contributed by atoms with Crippen LogP contribution in [-0.2, 0) is 0 Å². The van der Waals surface area contributed by atoms with Crippen LogP contribution < -0.4 is 0 Å². The summed E-state index contributed by atoms with van der Waals surface area (Å²) in [6.07, 6.45) is 0. The molecule has 0 unspecified atom stereocenters. The van der Waals surface area contributed by atoms with Crippen molar-refractivity contribution in [2.45, 2.75) is 0 Å². The maximum absolute atomic E-state index is 3.26. The van der Waals surface area contributed by atoms with Crippen LogP contribution in [0.15, 0.2) is 0 Å². The quantitative estimate of drug-likeness (QED) is 0.522. The molecule has 0 saturated carbocycles. The second kappa shape index (κ2) is 11.8. The van der Waals surface area contributed by atoms with Crippen molar-refractivity contribution < 1.29 is 0 Å². The highest BCUT2D eigenvalue weighted by atomic mass is 15.1. The van der Waals surface area contributed by atoms with Gasteiger partial charge < -0.3 is 0 Å². The molecule has 6 rings (SSSR count). The van der Waals surface area contributed by atoms with Crippen LogP contribution in [0.3, 0.4) is 0 Å². The van der Waals surface area contributed by atoms with Gasteiger partial charge in [-0.05, 0) is 0 Å². The maximum atomic E-state index is 3.26. The molecule has 6 aliphatic rings. The molecule has 0 aliphatic carbocycles. The van der Waals surface area contributed by atoms with Crippen molar-refractivity contribution in [1.82, 2.24) is 19.6 Å². The fourth-order valence-corrected chi connectivity index (χ4v) is 2.68. The molecule has 0 radical (unpaired) electrons. The van der Waals surface area contributed by atoms with E-state index in [9.17, 15) is 0 Å². The van der Waals surface area contributed by atoms with Crippen molar-refractivity contribution in [1.29, 1.82) is 0 Å². The molecule has 140 valence electrons. The third-order valence-corrected chi connectivity index (χ3v) is 4.38. The van der Waals surface area contributed by atoms with E-state index in [0.717, 1.165) is 0 Å². The van der Waals surface area contributed by atoms with Crippen molar-refractivity contribution in [2.24, 2.45) is 0 Å². The van der Waals surface area contributed by atoms with Crippen LogP contribution in [0.5, 0.6) is 0 Å². The Hall–Kier alpha value is -2.80. The van der Waals surface area contributed by atoms with Gasteiger partial charge in [0.15, 0.2) is 0 Å². The summed E-state index contributed by atoms with van der Waals surface area (Å²) in [6.45, 7) is 8.26. The Kier molecular flexibility index (Phi) is 8.42. The Bertz CT molecular complexity index is 722. The molecule has 0 saturated heterocycles. The smallest absolute Gasteiger partial charge is 0.0619 e. The lowest BCUT2D eigenvalue weighted by Crippen LogP contribution is -2.30. The average Bonchev–Trinajstić information content (AvgIpc) is 2.71. The summed E-state index contributed by atoms with van der Waals surface area (Å²) in [6, 6.07) is 0. The molecule has 0 aromatic rings. The number of hydrogen-bond donors (Lipinski definition) is 0. The van der Waals surface area contributed by atoms with Gasteiger partial charge in [-0.3, -0.25) is 19.6 Å². The van der Waals surface area contributed by atoms with Gasteiger partial charge in [0.05, 0.1) is 78.5 Å². The molecule has 28 heavy (non-hydrogen) atoms. The first kappa shape index (κ1) is 19.9. The SMILES string of the molecule is C1#CCN2CC#CCN(C1)CC#CCN1CC#CCN(CC#CC1)CC#CC2.